The first-order valence-corrected chi connectivity index (χ1v) is 8.19. The Kier molecular flexibility index (Phi) is 5.22. The molecule has 0 aromatic heterocycles. The number of anilines is 1. The fourth-order valence-electron chi connectivity index (χ4n) is 2.88. The highest BCUT2D eigenvalue weighted by Crippen LogP contribution is 2.30. The van der Waals surface area contributed by atoms with Crippen LogP contribution >= 0.6 is 28.1 Å². The van der Waals surface area contributed by atoms with Crippen molar-refractivity contribution in [3.8, 4) is 0 Å². The molecule has 0 spiro atoms. The average Bonchev–Trinajstić information content (AvgIpc) is 2.63. The minimum atomic E-state index is 0.482. The largest absolute Gasteiger partial charge is 0.389 e. The maximum absolute atomic E-state index is 5.90. The molecule has 1 heterocycles. The van der Waals surface area contributed by atoms with E-state index in [0.717, 1.165) is 16.6 Å². The van der Waals surface area contributed by atoms with E-state index in [1.165, 1.54) is 37.8 Å². The molecule has 0 bridgehead atoms. The molecule has 4 heteroatoms. The van der Waals surface area contributed by atoms with Gasteiger partial charge in [0.15, 0.2) is 0 Å². The second-order valence-electron chi connectivity index (χ2n) is 5.13. The Labute approximate surface area is 129 Å². The van der Waals surface area contributed by atoms with E-state index >= 15 is 0 Å². The molecule has 1 aliphatic heterocycles. The van der Waals surface area contributed by atoms with Crippen LogP contribution in [0.15, 0.2) is 22.7 Å². The van der Waals surface area contributed by atoms with Crippen LogP contribution in [0.25, 0.3) is 0 Å². The molecule has 1 aromatic carbocycles. The van der Waals surface area contributed by atoms with Crippen molar-refractivity contribution in [1.82, 2.24) is 0 Å². The van der Waals surface area contributed by atoms with Gasteiger partial charge in [-0.3, -0.25) is 0 Å². The summed E-state index contributed by atoms with van der Waals surface area (Å²) in [5.41, 5.74) is 8.09. The van der Waals surface area contributed by atoms with Gasteiger partial charge < -0.3 is 10.6 Å². The van der Waals surface area contributed by atoms with Gasteiger partial charge in [0.05, 0.1) is 0 Å². The molecule has 104 valence electrons. The fourth-order valence-corrected chi connectivity index (χ4v) is 3.40. The van der Waals surface area contributed by atoms with E-state index in [-0.39, 0.29) is 0 Å². The summed E-state index contributed by atoms with van der Waals surface area (Å²) in [4.78, 5) is 2.99. The first-order chi connectivity index (χ1) is 9.13. The molecule has 0 radical (unpaired) electrons. The predicted octanol–water partition coefficient (Wildman–Crippen LogP) is 4.24. The van der Waals surface area contributed by atoms with Crippen LogP contribution in [0, 0.1) is 0 Å². The number of thiocarbonyl (C=S) groups is 1. The van der Waals surface area contributed by atoms with Gasteiger partial charge in [-0.05, 0) is 37.5 Å². The highest BCUT2D eigenvalue weighted by molar-refractivity contribution is 9.10. The van der Waals surface area contributed by atoms with Crippen molar-refractivity contribution in [2.75, 3.05) is 11.4 Å². The van der Waals surface area contributed by atoms with E-state index in [0.29, 0.717) is 11.0 Å². The number of nitrogens with two attached hydrogens (primary N) is 1. The van der Waals surface area contributed by atoms with Crippen LogP contribution < -0.4 is 10.6 Å². The lowest BCUT2D eigenvalue weighted by molar-refractivity contribution is 0.556. The third kappa shape index (κ3) is 3.48. The number of hydrogen-bond acceptors (Lipinski definition) is 2. The van der Waals surface area contributed by atoms with Crippen molar-refractivity contribution in [2.24, 2.45) is 5.73 Å². The van der Waals surface area contributed by atoms with Gasteiger partial charge in [-0.25, -0.2) is 0 Å². The minimum absolute atomic E-state index is 0.482. The van der Waals surface area contributed by atoms with Gasteiger partial charge in [-0.1, -0.05) is 47.9 Å². The lowest BCUT2D eigenvalue weighted by Crippen LogP contribution is -2.35. The lowest BCUT2D eigenvalue weighted by atomic mass is 10.1. The molecule has 2 nitrogen and oxygen atoms in total. The van der Waals surface area contributed by atoms with E-state index in [1.807, 2.05) is 6.07 Å². The summed E-state index contributed by atoms with van der Waals surface area (Å²) in [5, 5.41) is 0. The molecule has 1 fully saturated rings. The topological polar surface area (TPSA) is 29.3 Å². The Morgan fingerprint density at radius 2 is 2.21 bits per heavy atom. The molecule has 1 atom stereocenters. The number of hydrogen-bond donors (Lipinski definition) is 1. The summed E-state index contributed by atoms with van der Waals surface area (Å²) < 4.78 is 1.03. The summed E-state index contributed by atoms with van der Waals surface area (Å²) >= 11 is 8.72. The molecular weight excluding hydrogens is 320 g/mol. The molecule has 2 N–H and O–H groups in total. The van der Waals surface area contributed by atoms with E-state index in [9.17, 15) is 0 Å². The summed E-state index contributed by atoms with van der Waals surface area (Å²) in [6.45, 7) is 3.37. The van der Waals surface area contributed by atoms with Crippen LogP contribution in [0.1, 0.15) is 44.6 Å². The summed E-state index contributed by atoms with van der Waals surface area (Å²) in [6, 6.07) is 6.87. The van der Waals surface area contributed by atoms with Crippen LogP contribution in [0.5, 0.6) is 0 Å². The van der Waals surface area contributed by atoms with Gasteiger partial charge in [0.1, 0.15) is 4.99 Å². The Morgan fingerprint density at radius 3 is 2.89 bits per heavy atom. The monoisotopic (exact) mass is 340 g/mol. The number of benzene rings is 1. The van der Waals surface area contributed by atoms with Crippen molar-refractivity contribution in [3.63, 3.8) is 0 Å². The van der Waals surface area contributed by atoms with Crippen molar-refractivity contribution in [1.29, 1.82) is 0 Å². The first kappa shape index (κ1) is 14.8. The van der Waals surface area contributed by atoms with Crippen molar-refractivity contribution < 1.29 is 0 Å². The molecule has 1 aliphatic rings. The Morgan fingerprint density at radius 1 is 1.42 bits per heavy atom. The van der Waals surface area contributed by atoms with E-state index < -0.39 is 0 Å². The summed E-state index contributed by atoms with van der Waals surface area (Å²) in [7, 11) is 0. The second kappa shape index (κ2) is 6.71. The Bertz CT molecular complexity index is 461. The molecule has 1 aromatic rings. The third-order valence-electron chi connectivity index (χ3n) is 3.88. The number of halogens is 1. The SMILES string of the molecule is CCC1CCCCCN1c1ccc(Br)cc1C(N)=S. The van der Waals surface area contributed by atoms with Crippen LogP contribution in [0.3, 0.4) is 0 Å². The summed E-state index contributed by atoms with van der Waals surface area (Å²) in [5.74, 6) is 0. The Balaban J connectivity index is 2.40. The lowest BCUT2D eigenvalue weighted by Gasteiger charge is -2.33. The molecule has 0 amide bonds. The first-order valence-electron chi connectivity index (χ1n) is 6.99. The maximum atomic E-state index is 5.90. The molecule has 0 aliphatic carbocycles. The van der Waals surface area contributed by atoms with Gasteiger partial charge in [-0.15, -0.1) is 0 Å². The van der Waals surface area contributed by atoms with Crippen molar-refractivity contribution >= 4 is 38.8 Å². The zero-order valence-corrected chi connectivity index (χ0v) is 13.8. The van der Waals surface area contributed by atoms with Crippen molar-refractivity contribution in [3.05, 3.63) is 28.2 Å². The molecule has 2 rings (SSSR count). The average molecular weight is 341 g/mol. The molecular formula is C15H21BrN2S. The van der Waals surface area contributed by atoms with E-state index in [1.54, 1.807) is 0 Å². The highest BCUT2D eigenvalue weighted by Gasteiger charge is 2.22. The molecule has 0 saturated carbocycles. The standard InChI is InChI=1S/C15H21BrN2S/c1-2-12-6-4-3-5-9-18(12)14-8-7-11(16)10-13(14)15(17)19/h7-8,10,12H,2-6,9H2,1H3,(H2,17,19). The molecule has 1 saturated heterocycles. The normalized spacial score (nSPS) is 20.1. The van der Waals surface area contributed by atoms with Gasteiger partial charge in [-0.2, -0.15) is 0 Å². The smallest absolute Gasteiger partial charge is 0.106 e. The van der Waals surface area contributed by atoms with Gasteiger partial charge >= 0.3 is 0 Å². The third-order valence-corrected chi connectivity index (χ3v) is 4.60. The zero-order valence-electron chi connectivity index (χ0n) is 11.4. The molecule has 19 heavy (non-hydrogen) atoms. The van der Waals surface area contributed by atoms with E-state index in [2.05, 4.69) is 39.9 Å². The second-order valence-corrected chi connectivity index (χ2v) is 6.49. The zero-order chi connectivity index (χ0) is 13.8. The van der Waals surface area contributed by atoms with Gasteiger partial charge in [0.2, 0.25) is 0 Å². The summed E-state index contributed by atoms with van der Waals surface area (Å²) in [6.07, 6.45) is 6.35. The van der Waals surface area contributed by atoms with Crippen LogP contribution in [-0.4, -0.2) is 17.6 Å². The fraction of sp³-hybridized carbons (Fsp3) is 0.533. The Hall–Kier alpha value is -0.610. The number of nitrogens with zero attached hydrogens (tertiary/aromatic N) is 1. The number of rotatable bonds is 3. The minimum Gasteiger partial charge on any atom is -0.389 e. The van der Waals surface area contributed by atoms with Crippen LogP contribution in [-0.2, 0) is 0 Å². The van der Waals surface area contributed by atoms with Crippen molar-refractivity contribution in [2.45, 2.75) is 45.1 Å². The van der Waals surface area contributed by atoms with Crippen LogP contribution in [0.2, 0.25) is 0 Å². The highest BCUT2D eigenvalue weighted by atomic mass is 79.9. The van der Waals surface area contributed by atoms with Crippen LogP contribution in [0.4, 0.5) is 5.69 Å². The van der Waals surface area contributed by atoms with Gasteiger partial charge in [0.25, 0.3) is 0 Å². The quantitative estimate of drug-likeness (QED) is 0.834. The maximum Gasteiger partial charge on any atom is 0.106 e. The van der Waals surface area contributed by atoms with Gasteiger partial charge in [0, 0.05) is 28.3 Å². The van der Waals surface area contributed by atoms with E-state index in [4.69, 9.17) is 18.0 Å². The predicted molar refractivity (Wildman–Crippen MR) is 89.9 cm³/mol. The molecule has 1 unspecified atom stereocenters.